The van der Waals surface area contributed by atoms with Gasteiger partial charge >= 0.3 is 0 Å². The van der Waals surface area contributed by atoms with Crippen LogP contribution in [0.3, 0.4) is 0 Å². The van der Waals surface area contributed by atoms with Gasteiger partial charge in [0.05, 0.1) is 6.04 Å². The third kappa shape index (κ3) is 3.68. The van der Waals surface area contributed by atoms with Crippen LogP contribution in [0.5, 0.6) is 0 Å². The number of nitrogens with one attached hydrogen (secondary N) is 2. The SMILES string of the molecule is CC(=O)C1CC(C(=O)N2C[C@H]3CC[C@@H](C2)N(Cc2ccccc2)C3)NN1. The summed E-state index contributed by atoms with van der Waals surface area (Å²) in [5.41, 5.74) is 7.33. The molecular weight excluding hydrogens is 328 g/mol. The van der Waals surface area contributed by atoms with Crippen LogP contribution in [0.2, 0.25) is 0 Å². The van der Waals surface area contributed by atoms with Gasteiger partial charge in [-0.3, -0.25) is 14.5 Å². The highest BCUT2D eigenvalue weighted by Gasteiger charge is 2.40. The van der Waals surface area contributed by atoms with Gasteiger partial charge in [0.1, 0.15) is 11.8 Å². The molecule has 26 heavy (non-hydrogen) atoms. The molecule has 0 aromatic heterocycles. The normalized spacial score (nSPS) is 31.8. The molecule has 140 valence electrons. The van der Waals surface area contributed by atoms with E-state index in [0.717, 1.165) is 32.6 Å². The molecule has 1 amide bonds. The summed E-state index contributed by atoms with van der Waals surface area (Å²) in [5.74, 6) is 0.761. The van der Waals surface area contributed by atoms with Crippen LogP contribution >= 0.6 is 0 Å². The van der Waals surface area contributed by atoms with Gasteiger partial charge in [-0.2, -0.15) is 0 Å². The molecule has 2 bridgehead atoms. The van der Waals surface area contributed by atoms with E-state index in [1.807, 2.05) is 4.90 Å². The molecule has 5 rings (SSSR count). The lowest BCUT2D eigenvalue weighted by molar-refractivity contribution is -0.133. The Morgan fingerprint density at radius 2 is 1.81 bits per heavy atom. The lowest BCUT2D eigenvalue weighted by Crippen LogP contribution is -2.48. The smallest absolute Gasteiger partial charge is 0.241 e. The summed E-state index contributed by atoms with van der Waals surface area (Å²) in [6.07, 6.45) is 2.91. The zero-order valence-electron chi connectivity index (χ0n) is 15.4. The fourth-order valence-corrected chi connectivity index (χ4v) is 4.58. The molecule has 4 saturated heterocycles. The van der Waals surface area contributed by atoms with Crippen molar-refractivity contribution in [2.45, 2.75) is 50.9 Å². The van der Waals surface area contributed by atoms with Crippen LogP contribution in [0.15, 0.2) is 30.3 Å². The first-order valence-electron chi connectivity index (χ1n) is 9.68. The number of hydrogen-bond acceptors (Lipinski definition) is 5. The van der Waals surface area contributed by atoms with E-state index in [-0.39, 0.29) is 23.8 Å². The van der Waals surface area contributed by atoms with Crippen LogP contribution in [0.1, 0.15) is 31.7 Å². The van der Waals surface area contributed by atoms with Crippen molar-refractivity contribution in [1.82, 2.24) is 20.7 Å². The van der Waals surface area contributed by atoms with Crippen LogP contribution in [0.25, 0.3) is 0 Å². The topological polar surface area (TPSA) is 64.7 Å². The Morgan fingerprint density at radius 3 is 2.54 bits per heavy atom. The summed E-state index contributed by atoms with van der Waals surface area (Å²) in [4.78, 5) is 29.1. The van der Waals surface area contributed by atoms with Crippen molar-refractivity contribution in [2.75, 3.05) is 19.6 Å². The second-order valence-electron chi connectivity index (χ2n) is 8.00. The fourth-order valence-electron chi connectivity index (χ4n) is 4.58. The molecule has 6 heteroatoms. The molecule has 4 atom stereocenters. The molecule has 6 nitrogen and oxygen atoms in total. The van der Waals surface area contributed by atoms with Crippen LogP contribution in [0, 0.1) is 5.92 Å². The molecule has 1 aromatic rings. The maximum Gasteiger partial charge on any atom is 0.241 e. The molecule has 0 saturated carbocycles. The first-order valence-corrected chi connectivity index (χ1v) is 9.68. The summed E-state index contributed by atoms with van der Waals surface area (Å²) >= 11 is 0. The standard InChI is InChI=1S/C20H28N4O2/c1-14(25)18-9-19(22-21-18)20(26)24-12-16-7-8-17(13-24)23(11-16)10-15-5-3-2-4-6-15/h2-6,16-19,21-22H,7-13H2,1H3/t16-,17-,18?,19?/m0/s1. The first kappa shape index (κ1) is 17.6. The average molecular weight is 356 g/mol. The maximum absolute atomic E-state index is 13.0. The highest BCUT2D eigenvalue weighted by molar-refractivity contribution is 5.86. The maximum atomic E-state index is 13.0. The Kier molecular flexibility index (Phi) is 5.07. The predicted molar refractivity (Wildman–Crippen MR) is 99.1 cm³/mol. The Labute approximate surface area is 154 Å². The largest absolute Gasteiger partial charge is 0.339 e. The quantitative estimate of drug-likeness (QED) is 0.840. The van der Waals surface area contributed by atoms with E-state index in [0.29, 0.717) is 18.4 Å². The highest BCUT2D eigenvalue weighted by Crippen LogP contribution is 2.30. The zero-order chi connectivity index (χ0) is 18.1. The second-order valence-corrected chi connectivity index (χ2v) is 8.00. The number of fused-ring (bicyclic) bond motifs is 4. The molecule has 4 heterocycles. The fraction of sp³-hybridized carbons (Fsp3) is 0.600. The van der Waals surface area contributed by atoms with Gasteiger partial charge in [-0.25, -0.2) is 10.9 Å². The minimum absolute atomic E-state index is 0.0813. The molecule has 0 radical (unpaired) electrons. The lowest BCUT2D eigenvalue weighted by atomic mass is 9.94. The molecule has 4 fully saturated rings. The van der Waals surface area contributed by atoms with Gasteiger partial charge < -0.3 is 4.90 Å². The van der Waals surface area contributed by atoms with Crippen molar-refractivity contribution in [1.29, 1.82) is 0 Å². The number of amides is 1. The Bertz CT molecular complexity index is 665. The van der Waals surface area contributed by atoms with E-state index in [1.54, 1.807) is 6.92 Å². The van der Waals surface area contributed by atoms with Crippen LogP contribution in [0.4, 0.5) is 0 Å². The zero-order valence-corrected chi connectivity index (χ0v) is 15.4. The number of hydrazine groups is 1. The molecule has 2 unspecified atom stereocenters. The van der Waals surface area contributed by atoms with Crippen molar-refractivity contribution in [3.8, 4) is 0 Å². The summed E-state index contributed by atoms with van der Waals surface area (Å²) in [7, 11) is 0. The number of carbonyl (C=O) groups is 2. The van der Waals surface area contributed by atoms with E-state index >= 15 is 0 Å². The Hall–Kier alpha value is -1.76. The highest BCUT2D eigenvalue weighted by atomic mass is 16.2. The number of nitrogens with zero attached hydrogens (tertiary/aromatic N) is 2. The van der Waals surface area contributed by atoms with Gasteiger partial charge in [0.25, 0.3) is 0 Å². The van der Waals surface area contributed by atoms with Gasteiger partial charge in [0.2, 0.25) is 5.91 Å². The van der Waals surface area contributed by atoms with E-state index in [4.69, 9.17) is 0 Å². The number of Topliss-reactive ketones (excluding diaryl/α,β-unsaturated/α-hetero) is 1. The molecule has 1 aromatic carbocycles. The van der Waals surface area contributed by atoms with Gasteiger partial charge in [0, 0.05) is 32.2 Å². The number of benzene rings is 1. The molecule has 0 spiro atoms. The third-order valence-corrected chi connectivity index (χ3v) is 6.06. The number of hydrogen-bond donors (Lipinski definition) is 2. The Morgan fingerprint density at radius 1 is 1.04 bits per heavy atom. The van der Waals surface area contributed by atoms with Gasteiger partial charge in [0.15, 0.2) is 0 Å². The second kappa shape index (κ2) is 7.47. The molecule has 0 aliphatic carbocycles. The number of carbonyl (C=O) groups excluding carboxylic acids is 2. The molecule has 4 aliphatic heterocycles. The van der Waals surface area contributed by atoms with Crippen molar-refractivity contribution in [3.05, 3.63) is 35.9 Å². The van der Waals surface area contributed by atoms with Crippen LogP contribution in [-0.4, -0.2) is 59.3 Å². The van der Waals surface area contributed by atoms with Crippen molar-refractivity contribution < 1.29 is 9.59 Å². The van der Waals surface area contributed by atoms with Crippen molar-refractivity contribution >= 4 is 11.7 Å². The molecular formula is C20H28N4O2. The monoisotopic (exact) mass is 356 g/mol. The van der Waals surface area contributed by atoms with Crippen LogP contribution < -0.4 is 10.9 Å². The van der Waals surface area contributed by atoms with Gasteiger partial charge in [-0.15, -0.1) is 0 Å². The number of rotatable bonds is 4. The first-order chi connectivity index (χ1) is 12.6. The minimum atomic E-state index is -0.288. The van der Waals surface area contributed by atoms with E-state index < -0.39 is 0 Å². The minimum Gasteiger partial charge on any atom is -0.339 e. The van der Waals surface area contributed by atoms with Crippen molar-refractivity contribution in [3.63, 3.8) is 0 Å². The average Bonchev–Trinajstić information content (AvgIpc) is 2.97. The summed E-state index contributed by atoms with van der Waals surface area (Å²) < 4.78 is 0. The van der Waals surface area contributed by atoms with Crippen molar-refractivity contribution in [2.24, 2.45) is 5.92 Å². The summed E-state index contributed by atoms with van der Waals surface area (Å²) in [5, 5.41) is 0. The summed E-state index contributed by atoms with van der Waals surface area (Å²) in [6.45, 7) is 5.23. The predicted octanol–water partition coefficient (Wildman–Crippen LogP) is 0.934. The number of ketones is 1. The molecule has 4 aliphatic rings. The van der Waals surface area contributed by atoms with Crippen LogP contribution in [-0.2, 0) is 16.1 Å². The Balaban J connectivity index is 1.41. The van der Waals surface area contributed by atoms with Gasteiger partial charge in [-0.05, 0) is 37.7 Å². The summed E-state index contributed by atoms with van der Waals surface area (Å²) in [6, 6.07) is 10.5. The number of piperidine rings is 1. The van der Waals surface area contributed by atoms with Gasteiger partial charge in [-0.1, -0.05) is 30.3 Å². The van der Waals surface area contributed by atoms with E-state index in [2.05, 4.69) is 46.1 Å². The molecule has 2 N–H and O–H groups in total. The van der Waals surface area contributed by atoms with E-state index in [9.17, 15) is 9.59 Å². The van der Waals surface area contributed by atoms with E-state index in [1.165, 1.54) is 12.0 Å². The third-order valence-electron chi connectivity index (χ3n) is 6.06. The lowest BCUT2D eigenvalue weighted by Gasteiger charge is -2.36.